The van der Waals surface area contributed by atoms with Gasteiger partial charge in [0.25, 0.3) is 0 Å². The number of carbonyl (C=O) groups excluding carboxylic acids is 1. The van der Waals surface area contributed by atoms with Gasteiger partial charge in [-0.05, 0) is 36.6 Å². The second kappa shape index (κ2) is 8.93. The molecule has 0 aliphatic heterocycles. The van der Waals surface area contributed by atoms with Crippen LogP contribution in [0.2, 0.25) is 0 Å². The molecule has 0 aromatic heterocycles. The number of hydrogen-bond donors (Lipinski definition) is 2. The first kappa shape index (κ1) is 20.1. The summed E-state index contributed by atoms with van der Waals surface area (Å²) in [6, 6.07) is 12.4. The first-order chi connectivity index (χ1) is 12.8. The summed E-state index contributed by atoms with van der Waals surface area (Å²) in [6.45, 7) is 3.29. The molecule has 0 saturated carbocycles. The average Bonchev–Trinajstić information content (AvgIpc) is 2.66. The molecule has 0 bridgehead atoms. The van der Waals surface area contributed by atoms with Crippen molar-refractivity contribution < 1.29 is 19.6 Å². The van der Waals surface area contributed by atoms with Gasteiger partial charge in [-0.1, -0.05) is 37.3 Å². The van der Waals surface area contributed by atoms with E-state index in [-0.39, 0.29) is 28.6 Å². The molecule has 0 fully saturated rings. The van der Waals surface area contributed by atoms with Gasteiger partial charge in [0.15, 0.2) is 0 Å². The van der Waals surface area contributed by atoms with Crippen molar-refractivity contribution in [3.8, 4) is 0 Å². The Balaban J connectivity index is 2.29. The van der Waals surface area contributed by atoms with E-state index in [2.05, 4.69) is 5.32 Å². The van der Waals surface area contributed by atoms with Crippen LogP contribution in [-0.4, -0.2) is 21.9 Å². The summed E-state index contributed by atoms with van der Waals surface area (Å²) in [7, 11) is 0. The standard InChI is InChI=1S/C20H22N2O5/c1-3-15(11-14-7-5-4-6-8-14)19(23)21-18-12-16(20(24)25)9-10-17(18)13(2)22(26)27/h4-10,12-13,15H,3,11H2,1-2H3,(H,21,23)(H,24,25). The second-order valence-electron chi connectivity index (χ2n) is 6.35. The molecule has 2 atom stereocenters. The Morgan fingerprint density at radius 2 is 1.85 bits per heavy atom. The minimum atomic E-state index is -1.16. The molecule has 142 valence electrons. The molecule has 0 heterocycles. The van der Waals surface area contributed by atoms with Crippen LogP contribution in [0.1, 0.15) is 47.8 Å². The first-order valence-corrected chi connectivity index (χ1v) is 8.69. The molecule has 2 aromatic carbocycles. The zero-order valence-corrected chi connectivity index (χ0v) is 15.2. The zero-order valence-electron chi connectivity index (χ0n) is 15.2. The number of carboxylic acids is 1. The van der Waals surface area contributed by atoms with Gasteiger partial charge in [-0.2, -0.15) is 0 Å². The number of carboxylic acid groups (broad SMARTS) is 1. The summed E-state index contributed by atoms with van der Waals surface area (Å²) < 4.78 is 0. The number of nitrogens with one attached hydrogen (secondary N) is 1. The van der Waals surface area contributed by atoms with Crippen molar-refractivity contribution in [3.05, 3.63) is 75.3 Å². The van der Waals surface area contributed by atoms with Gasteiger partial charge in [0.2, 0.25) is 11.9 Å². The van der Waals surface area contributed by atoms with E-state index in [1.54, 1.807) is 0 Å². The largest absolute Gasteiger partial charge is 0.478 e. The molecular formula is C20H22N2O5. The molecule has 0 aliphatic rings. The highest BCUT2D eigenvalue weighted by atomic mass is 16.6. The molecule has 27 heavy (non-hydrogen) atoms. The number of rotatable bonds is 8. The van der Waals surface area contributed by atoms with Crippen LogP contribution in [0.3, 0.4) is 0 Å². The van der Waals surface area contributed by atoms with Crippen LogP contribution >= 0.6 is 0 Å². The topological polar surface area (TPSA) is 110 Å². The predicted octanol–water partition coefficient (Wildman–Crippen LogP) is 3.93. The van der Waals surface area contributed by atoms with E-state index >= 15 is 0 Å². The fraction of sp³-hybridized carbons (Fsp3) is 0.300. The van der Waals surface area contributed by atoms with Gasteiger partial charge in [0.05, 0.1) is 11.3 Å². The van der Waals surface area contributed by atoms with Crippen LogP contribution in [-0.2, 0) is 11.2 Å². The Kier molecular flexibility index (Phi) is 6.65. The highest BCUT2D eigenvalue weighted by Gasteiger charge is 2.24. The molecule has 0 saturated heterocycles. The summed E-state index contributed by atoms with van der Waals surface area (Å²) in [5, 5.41) is 23.1. The van der Waals surface area contributed by atoms with E-state index in [0.717, 1.165) is 5.56 Å². The Hall–Kier alpha value is -3.22. The lowest BCUT2D eigenvalue weighted by Crippen LogP contribution is -2.25. The van der Waals surface area contributed by atoms with E-state index in [1.807, 2.05) is 37.3 Å². The van der Waals surface area contributed by atoms with Crippen molar-refractivity contribution in [1.29, 1.82) is 0 Å². The van der Waals surface area contributed by atoms with E-state index in [4.69, 9.17) is 0 Å². The smallest absolute Gasteiger partial charge is 0.335 e. The van der Waals surface area contributed by atoms with Crippen LogP contribution in [0, 0.1) is 16.0 Å². The number of carbonyl (C=O) groups is 2. The summed E-state index contributed by atoms with van der Waals surface area (Å²) in [6.07, 6.45) is 1.11. The second-order valence-corrected chi connectivity index (χ2v) is 6.35. The van der Waals surface area contributed by atoms with Crippen molar-refractivity contribution in [2.45, 2.75) is 32.7 Å². The van der Waals surface area contributed by atoms with Gasteiger partial charge in [0, 0.05) is 23.3 Å². The first-order valence-electron chi connectivity index (χ1n) is 8.69. The monoisotopic (exact) mass is 370 g/mol. The van der Waals surface area contributed by atoms with Crippen LogP contribution in [0.5, 0.6) is 0 Å². The van der Waals surface area contributed by atoms with Crippen molar-refractivity contribution in [3.63, 3.8) is 0 Å². The molecule has 7 heteroatoms. The number of benzene rings is 2. The Labute approximate surface area is 157 Å². The molecule has 0 aliphatic carbocycles. The average molecular weight is 370 g/mol. The van der Waals surface area contributed by atoms with Crippen molar-refractivity contribution in [2.75, 3.05) is 5.32 Å². The van der Waals surface area contributed by atoms with E-state index in [9.17, 15) is 24.8 Å². The molecule has 7 nitrogen and oxygen atoms in total. The minimum Gasteiger partial charge on any atom is -0.478 e. The van der Waals surface area contributed by atoms with Gasteiger partial charge in [-0.15, -0.1) is 0 Å². The molecule has 2 N–H and O–H groups in total. The number of nitrogens with zero attached hydrogens (tertiary/aromatic N) is 1. The van der Waals surface area contributed by atoms with E-state index in [1.165, 1.54) is 25.1 Å². The summed E-state index contributed by atoms with van der Waals surface area (Å²) in [5.74, 6) is -1.79. The highest BCUT2D eigenvalue weighted by Crippen LogP contribution is 2.27. The normalized spacial score (nSPS) is 12.8. The molecule has 1 amide bonds. The van der Waals surface area contributed by atoms with Crippen LogP contribution in [0.4, 0.5) is 5.69 Å². The third-order valence-corrected chi connectivity index (χ3v) is 4.51. The maximum absolute atomic E-state index is 12.7. The van der Waals surface area contributed by atoms with E-state index < -0.39 is 16.9 Å². The quantitative estimate of drug-likeness (QED) is 0.540. The molecule has 2 rings (SSSR count). The molecule has 2 unspecified atom stereocenters. The van der Waals surface area contributed by atoms with Gasteiger partial charge in [-0.3, -0.25) is 14.9 Å². The Morgan fingerprint density at radius 3 is 2.41 bits per heavy atom. The number of amides is 1. The van der Waals surface area contributed by atoms with Crippen LogP contribution < -0.4 is 5.32 Å². The Bertz CT molecular complexity index is 836. The third kappa shape index (κ3) is 5.13. The van der Waals surface area contributed by atoms with Crippen molar-refractivity contribution in [1.82, 2.24) is 0 Å². The maximum Gasteiger partial charge on any atom is 0.335 e. The van der Waals surface area contributed by atoms with E-state index in [0.29, 0.717) is 12.8 Å². The molecular weight excluding hydrogens is 348 g/mol. The fourth-order valence-corrected chi connectivity index (χ4v) is 2.83. The minimum absolute atomic E-state index is 0.0410. The maximum atomic E-state index is 12.7. The van der Waals surface area contributed by atoms with Gasteiger partial charge >= 0.3 is 5.97 Å². The fourth-order valence-electron chi connectivity index (χ4n) is 2.83. The Morgan fingerprint density at radius 1 is 1.19 bits per heavy atom. The lowest BCUT2D eigenvalue weighted by Gasteiger charge is -2.18. The summed E-state index contributed by atoms with van der Waals surface area (Å²) in [4.78, 5) is 34.7. The summed E-state index contributed by atoms with van der Waals surface area (Å²) in [5.41, 5.74) is 1.40. The van der Waals surface area contributed by atoms with Gasteiger partial charge < -0.3 is 10.4 Å². The number of nitro groups is 1. The molecule has 2 aromatic rings. The number of hydrogen-bond acceptors (Lipinski definition) is 4. The number of aromatic carboxylic acids is 1. The predicted molar refractivity (Wildman–Crippen MR) is 101 cm³/mol. The van der Waals surface area contributed by atoms with Crippen molar-refractivity contribution in [2.24, 2.45) is 5.92 Å². The number of anilines is 1. The van der Waals surface area contributed by atoms with Crippen LogP contribution in [0.25, 0.3) is 0 Å². The SMILES string of the molecule is CCC(Cc1ccccc1)C(=O)Nc1cc(C(=O)O)ccc1C(C)[N+](=O)[O-]. The lowest BCUT2D eigenvalue weighted by atomic mass is 9.95. The van der Waals surface area contributed by atoms with Gasteiger partial charge in [-0.25, -0.2) is 4.79 Å². The molecule has 0 radical (unpaired) electrons. The highest BCUT2D eigenvalue weighted by molar-refractivity contribution is 5.96. The lowest BCUT2D eigenvalue weighted by molar-refractivity contribution is -0.524. The third-order valence-electron chi connectivity index (χ3n) is 4.51. The summed E-state index contributed by atoms with van der Waals surface area (Å²) >= 11 is 0. The van der Waals surface area contributed by atoms with Crippen LogP contribution in [0.15, 0.2) is 48.5 Å². The van der Waals surface area contributed by atoms with Crippen molar-refractivity contribution >= 4 is 17.6 Å². The zero-order chi connectivity index (χ0) is 20.0. The molecule has 0 spiro atoms. The van der Waals surface area contributed by atoms with Gasteiger partial charge in [0.1, 0.15) is 0 Å².